The van der Waals surface area contributed by atoms with E-state index in [2.05, 4.69) is 130 Å². The third-order valence-electron chi connectivity index (χ3n) is 11.2. The Kier molecular flexibility index (Phi) is 50.6. The number of aliphatic hydroxyl groups excluding tert-OH is 1. The van der Waals surface area contributed by atoms with Crippen molar-refractivity contribution in [2.45, 2.75) is 226 Å². The van der Waals surface area contributed by atoms with Crippen molar-refractivity contribution in [1.82, 2.24) is 0 Å². The van der Waals surface area contributed by atoms with Crippen LogP contribution in [0.4, 0.5) is 0 Å². The molecule has 3 unspecified atom stereocenters. The number of esters is 3. The maximum absolute atomic E-state index is 12.9. The van der Waals surface area contributed by atoms with Crippen LogP contribution in [0.1, 0.15) is 213 Å². The third kappa shape index (κ3) is 51.1. The van der Waals surface area contributed by atoms with E-state index in [9.17, 15) is 28.9 Å². The van der Waals surface area contributed by atoms with Gasteiger partial charge in [0.15, 0.2) is 6.10 Å². The molecule has 0 aliphatic carbocycles. The Morgan fingerprint density at radius 1 is 0.403 bits per heavy atom. The molecule has 0 heterocycles. The Hall–Kier alpha value is -3.86. The zero-order valence-electron chi connectivity index (χ0n) is 45.1. The summed E-state index contributed by atoms with van der Waals surface area (Å²) in [5.41, 5.74) is 0. The molecule has 0 aromatic carbocycles. The number of phosphoric acid groups is 1. The van der Waals surface area contributed by atoms with E-state index in [1.807, 2.05) is 0 Å². The average Bonchev–Trinajstić information content (AvgIpc) is 3.37. The first kappa shape index (κ1) is 68.1. The first-order valence-corrected chi connectivity index (χ1v) is 29.3. The lowest BCUT2D eigenvalue weighted by Crippen LogP contribution is -2.30. The van der Waals surface area contributed by atoms with Gasteiger partial charge < -0.3 is 24.2 Å². The minimum Gasteiger partial charge on any atom is -0.462 e. The van der Waals surface area contributed by atoms with Crippen LogP contribution in [0.15, 0.2) is 109 Å². The average molecular weight is 1030 g/mol. The van der Waals surface area contributed by atoms with Crippen LogP contribution < -0.4 is 0 Å². The van der Waals surface area contributed by atoms with Gasteiger partial charge in [0, 0.05) is 19.3 Å². The molecule has 0 radical (unpaired) electrons. The molecule has 12 heteroatoms. The molecule has 0 saturated heterocycles. The van der Waals surface area contributed by atoms with Gasteiger partial charge in [-0.2, -0.15) is 0 Å². The van der Waals surface area contributed by atoms with Gasteiger partial charge in [-0.05, 0) is 116 Å². The van der Waals surface area contributed by atoms with Crippen LogP contribution >= 0.6 is 7.82 Å². The lowest BCUT2D eigenvalue weighted by Gasteiger charge is -2.21. The second-order valence-electron chi connectivity index (χ2n) is 18.0. The van der Waals surface area contributed by atoms with Crippen molar-refractivity contribution >= 4 is 25.7 Å². The molecule has 0 aliphatic rings. The number of hydrogen-bond donors (Lipinski definition) is 2. The molecule has 0 aromatic heterocycles. The number of carbonyl (C=O) groups excluding carboxylic acids is 3. The highest BCUT2D eigenvalue weighted by Gasteiger charge is 2.28. The highest BCUT2D eigenvalue weighted by Crippen LogP contribution is 2.43. The van der Waals surface area contributed by atoms with Gasteiger partial charge in [-0.15, -0.1) is 0 Å². The third-order valence-corrected chi connectivity index (χ3v) is 12.1. The van der Waals surface area contributed by atoms with Gasteiger partial charge in [-0.1, -0.05) is 188 Å². The number of aliphatic hydroxyl groups is 1. The van der Waals surface area contributed by atoms with Crippen LogP contribution in [0.3, 0.4) is 0 Å². The molecule has 0 spiro atoms. The standard InChI is InChI=1S/C60H99O11P/c1-4-7-10-13-16-19-22-24-26-27-28-29-31-32-35-37-40-43-46-49-58(62)67-53-57(71-60(64)51-48-45-42-39-36-33-30-25-23-20-17-14-11-8-5-2)55-69-72(65,66)68-54-56(52-61)70-59(63)50-47-44-41-38-34-21-18-15-12-9-6-3/h7-8,10-11,15-20,24-26,28-30,36,39,56-57,61H,4-6,9,12-14,21-23,27,31-35,37-38,40-55H2,1-3H3,(H,65,66)/b10-7-,11-8-,18-15-,19-16-,20-17-,26-24-,29-28-,30-25-,39-36-. The quantitative estimate of drug-likeness (QED) is 0.0197. The normalized spacial score (nSPS) is 14.2. The van der Waals surface area contributed by atoms with Gasteiger partial charge in [0.2, 0.25) is 0 Å². The minimum atomic E-state index is -4.77. The first-order valence-electron chi connectivity index (χ1n) is 27.8. The summed E-state index contributed by atoms with van der Waals surface area (Å²) in [6, 6.07) is 0. The van der Waals surface area contributed by atoms with Crippen LogP contribution in [-0.2, 0) is 42.2 Å². The van der Waals surface area contributed by atoms with Crippen LogP contribution in [0.25, 0.3) is 0 Å². The minimum absolute atomic E-state index is 0.106. The van der Waals surface area contributed by atoms with Crippen molar-refractivity contribution in [3.63, 3.8) is 0 Å². The predicted octanol–water partition coefficient (Wildman–Crippen LogP) is 16.2. The molecule has 0 rings (SSSR count). The molecule has 0 aliphatic heterocycles. The molecule has 2 N–H and O–H groups in total. The topological polar surface area (TPSA) is 155 Å². The molecule has 11 nitrogen and oxygen atoms in total. The summed E-state index contributed by atoms with van der Waals surface area (Å²) in [4.78, 5) is 48.4. The summed E-state index contributed by atoms with van der Waals surface area (Å²) >= 11 is 0. The van der Waals surface area contributed by atoms with Crippen LogP contribution in [-0.4, -0.2) is 66.5 Å². The second-order valence-corrected chi connectivity index (χ2v) is 19.4. The number of rotatable bonds is 50. The zero-order valence-corrected chi connectivity index (χ0v) is 46.0. The molecule has 0 amide bonds. The Bertz CT molecular complexity index is 1620. The Morgan fingerprint density at radius 2 is 0.722 bits per heavy atom. The second kappa shape index (κ2) is 53.4. The molecular weight excluding hydrogens is 928 g/mol. The summed E-state index contributed by atoms with van der Waals surface area (Å²) < 4.78 is 39.4. The van der Waals surface area contributed by atoms with E-state index in [1.165, 1.54) is 12.8 Å². The number of allylic oxidation sites excluding steroid dienone is 18. The van der Waals surface area contributed by atoms with Crippen molar-refractivity contribution in [2.75, 3.05) is 26.4 Å². The fraction of sp³-hybridized carbons (Fsp3) is 0.650. The van der Waals surface area contributed by atoms with E-state index in [0.29, 0.717) is 19.3 Å². The number of hydrogen-bond acceptors (Lipinski definition) is 10. The molecule has 410 valence electrons. The number of ether oxygens (including phenoxy) is 3. The van der Waals surface area contributed by atoms with E-state index in [0.717, 1.165) is 141 Å². The summed E-state index contributed by atoms with van der Waals surface area (Å²) in [7, 11) is -4.77. The van der Waals surface area contributed by atoms with E-state index in [-0.39, 0.29) is 25.9 Å². The fourth-order valence-electron chi connectivity index (χ4n) is 6.96. The van der Waals surface area contributed by atoms with Crippen molar-refractivity contribution in [3.05, 3.63) is 109 Å². The van der Waals surface area contributed by atoms with Gasteiger partial charge in [0.25, 0.3) is 0 Å². The Labute approximate surface area is 437 Å². The Balaban J connectivity index is 4.82. The van der Waals surface area contributed by atoms with E-state index < -0.39 is 57.8 Å². The van der Waals surface area contributed by atoms with Gasteiger partial charge in [-0.3, -0.25) is 23.4 Å². The van der Waals surface area contributed by atoms with E-state index in [1.54, 1.807) is 0 Å². The van der Waals surface area contributed by atoms with Crippen molar-refractivity contribution < 1.29 is 52.2 Å². The van der Waals surface area contributed by atoms with Gasteiger partial charge >= 0.3 is 25.7 Å². The van der Waals surface area contributed by atoms with Crippen molar-refractivity contribution in [1.29, 1.82) is 0 Å². The number of phosphoric ester groups is 1. The monoisotopic (exact) mass is 1030 g/mol. The zero-order chi connectivity index (χ0) is 52.7. The van der Waals surface area contributed by atoms with Gasteiger partial charge in [0.1, 0.15) is 12.7 Å². The lowest BCUT2D eigenvalue weighted by atomic mass is 10.1. The Morgan fingerprint density at radius 3 is 1.15 bits per heavy atom. The predicted molar refractivity (Wildman–Crippen MR) is 297 cm³/mol. The fourth-order valence-corrected chi connectivity index (χ4v) is 7.75. The van der Waals surface area contributed by atoms with Crippen LogP contribution in [0, 0.1) is 0 Å². The smallest absolute Gasteiger partial charge is 0.462 e. The molecule has 0 saturated carbocycles. The molecule has 72 heavy (non-hydrogen) atoms. The molecule has 0 fully saturated rings. The molecular formula is C60H99O11P. The van der Waals surface area contributed by atoms with Crippen molar-refractivity contribution in [3.8, 4) is 0 Å². The van der Waals surface area contributed by atoms with Crippen LogP contribution in [0.5, 0.6) is 0 Å². The van der Waals surface area contributed by atoms with Crippen LogP contribution in [0.2, 0.25) is 0 Å². The summed E-state index contributed by atoms with van der Waals surface area (Å²) in [5.74, 6) is -1.55. The van der Waals surface area contributed by atoms with Crippen molar-refractivity contribution in [2.24, 2.45) is 0 Å². The first-order chi connectivity index (χ1) is 35.2. The van der Waals surface area contributed by atoms with E-state index >= 15 is 0 Å². The highest BCUT2D eigenvalue weighted by atomic mass is 31.2. The SMILES string of the molecule is CC/C=C\C/C=C\C/C=C\C/C=C\CCCCCCCCC(=O)OCC(COP(=O)(O)OCC(CO)OC(=O)CCCCCCC/C=C\CCCC)OC(=O)CCCC/C=C\C/C=C\C/C=C\C/C=C\CC. The molecule has 3 atom stereocenters. The summed E-state index contributed by atoms with van der Waals surface area (Å²) in [5, 5.41) is 9.78. The summed E-state index contributed by atoms with van der Waals surface area (Å²) in [6.45, 7) is 4.28. The maximum atomic E-state index is 12.9. The highest BCUT2D eigenvalue weighted by molar-refractivity contribution is 7.47. The number of unbranched alkanes of at least 4 members (excludes halogenated alkanes) is 15. The largest absolute Gasteiger partial charge is 0.472 e. The maximum Gasteiger partial charge on any atom is 0.472 e. The van der Waals surface area contributed by atoms with Gasteiger partial charge in [0.05, 0.1) is 19.8 Å². The number of carbonyl (C=O) groups is 3. The molecule has 0 aromatic rings. The lowest BCUT2D eigenvalue weighted by molar-refractivity contribution is -0.161. The summed E-state index contributed by atoms with van der Waals surface area (Å²) in [6.07, 6.45) is 63.4. The van der Waals surface area contributed by atoms with E-state index in [4.69, 9.17) is 23.3 Å². The van der Waals surface area contributed by atoms with Gasteiger partial charge in [-0.25, -0.2) is 4.57 Å². The molecule has 0 bridgehead atoms.